The molecule has 7 nitrogen and oxygen atoms in total. The van der Waals surface area contributed by atoms with Gasteiger partial charge in [0.15, 0.2) is 0 Å². The third-order valence-corrected chi connectivity index (χ3v) is 5.02. The highest BCUT2D eigenvalue weighted by atomic mass is 15.4. The smallest absolute Gasteiger partial charge is 0.234 e. The van der Waals surface area contributed by atoms with Gasteiger partial charge in [-0.1, -0.05) is 0 Å². The van der Waals surface area contributed by atoms with E-state index in [0.29, 0.717) is 6.04 Å². The lowest BCUT2D eigenvalue weighted by molar-refractivity contribution is 0.216. The molecule has 1 saturated heterocycles. The Balaban J connectivity index is 1.53. The SMILES string of the molecule is Cc1cc(C)n2cc(CN3CCC[C@@H]3Cn3nc(C)nc3C)nc2n1. The highest BCUT2D eigenvalue weighted by Gasteiger charge is 2.26. The summed E-state index contributed by atoms with van der Waals surface area (Å²) in [6, 6.07) is 2.58. The number of fused-ring (bicyclic) bond motifs is 1. The molecule has 3 aromatic rings. The van der Waals surface area contributed by atoms with E-state index < -0.39 is 0 Å². The fraction of sp³-hybridized carbons (Fsp3) is 0.556. The number of imidazole rings is 1. The number of aryl methyl sites for hydroxylation is 4. The van der Waals surface area contributed by atoms with Crippen molar-refractivity contribution in [3.63, 3.8) is 0 Å². The van der Waals surface area contributed by atoms with Gasteiger partial charge in [0.05, 0.1) is 12.2 Å². The summed E-state index contributed by atoms with van der Waals surface area (Å²) in [4.78, 5) is 16.2. The Hall–Kier alpha value is -2.28. The lowest BCUT2D eigenvalue weighted by Gasteiger charge is -2.23. The molecule has 0 radical (unpaired) electrons. The summed E-state index contributed by atoms with van der Waals surface area (Å²) in [6.07, 6.45) is 4.54. The third-order valence-electron chi connectivity index (χ3n) is 5.02. The zero-order chi connectivity index (χ0) is 17.6. The molecule has 25 heavy (non-hydrogen) atoms. The minimum atomic E-state index is 0.486. The van der Waals surface area contributed by atoms with Crippen molar-refractivity contribution in [2.75, 3.05) is 6.54 Å². The van der Waals surface area contributed by atoms with E-state index in [9.17, 15) is 0 Å². The van der Waals surface area contributed by atoms with Crippen LogP contribution in [-0.2, 0) is 13.1 Å². The lowest BCUT2D eigenvalue weighted by Crippen LogP contribution is -2.33. The topological polar surface area (TPSA) is 64.1 Å². The molecule has 4 rings (SSSR count). The van der Waals surface area contributed by atoms with Crippen LogP contribution in [0.25, 0.3) is 5.78 Å². The van der Waals surface area contributed by atoms with Gasteiger partial charge in [-0.05, 0) is 53.1 Å². The maximum Gasteiger partial charge on any atom is 0.234 e. The number of likely N-dealkylation sites (tertiary alicyclic amines) is 1. The summed E-state index contributed by atoms with van der Waals surface area (Å²) in [5.74, 6) is 2.64. The molecule has 0 amide bonds. The van der Waals surface area contributed by atoms with Gasteiger partial charge in [0.1, 0.15) is 11.6 Å². The first-order valence-electron chi connectivity index (χ1n) is 8.94. The van der Waals surface area contributed by atoms with Crippen molar-refractivity contribution >= 4 is 5.78 Å². The average molecular weight is 339 g/mol. The molecule has 1 aliphatic heterocycles. The Labute approximate surface area is 147 Å². The molecule has 0 aliphatic carbocycles. The molecule has 0 aromatic carbocycles. The quantitative estimate of drug-likeness (QED) is 0.729. The van der Waals surface area contributed by atoms with Crippen molar-refractivity contribution in [1.29, 1.82) is 0 Å². The van der Waals surface area contributed by atoms with E-state index in [-0.39, 0.29) is 0 Å². The van der Waals surface area contributed by atoms with Gasteiger partial charge in [0, 0.05) is 30.2 Å². The molecular formula is C18H25N7. The first kappa shape index (κ1) is 16.2. The van der Waals surface area contributed by atoms with Crippen molar-refractivity contribution in [2.45, 2.75) is 59.7 Å². The van der Waals surface area contributed by atoms with Crippen LogP contribution in [0.4, 0.5) is 0 Å². The zero-order valence-electron chi connectivity index (χ0n) is 15.4. The molecule has 0 unspecified atom stereocenters. The first-order valence-corrected chi connectivity index (χ1v) is 8.94. The van der Waals surface area contributed by atoms with Gasteiger partial charge in [0.2, 0.25) is 5.78 Å². The molecule has 4 heterocycles. The van der Waals surface area contributed by atoms with Crippen LogP contribution < -0.4 is 0 Å². The van der Waals surface area contributed by atoms with E-state index in [2.05, 4.69) is 43.6 Å². The van der Waals surface area contributed by atoms with Gasteiger partial charge in [-0.3, -0.25) is 9.30 Å². The Morgan fingerprint density at radius 1 is 1.12 bits per heavy atom. The zero-order valence-corrected chi connectivity index (χ0v) is 15.4. The van der Waals surface area contributed by atoms with Crippen molar-refractivity contribution in [3.8, 4) is 0 Å². The highest BCUT2D eigenvalue weighted by molar-refractivity contribution is 5.34. The van der Waals surface area contributed by atoms with Crippen LogP contribution in [0.15, 0.2) is 12.3 Å². The van der Waals surface area contributed by atoms with Crippen LogP contribution in [0.2, 0.25) is 0 Å². The number of rotatable bonds is 4. The van der Waals surface area contributed by atoms with Gasteiger partial charge in [-0.2, -0.15) is 5.10 Å². The van der Waals surface area contributed by atoms with E-state index in [4.69, 9.17) is 4.98 Å². The molecule has 7 heteroatoms. The van der Waals surface area contributed by atoms with E-state index >= 15 is 0 Å². The van der Waals surface area contributed by atoms with Crippen LogP contribution in [0.5, 0.6) is 0 Å². The lowest BCUT2D eigenvalue weighted by atomic mass is 10.2. The molecule has 1 fully saturated rings. The largest absolute Gasteiger partial charge is 0.293 e. The number of hydrogen-bond donors (Lipinski definition) is 0. The molecule has 0 saturated carbocycles. The van der Waals surface area contributed by atoms with Gasteiger partial charge in [0.25, 0.3) is 0 Å². The van der Waals surface area contributed by atoms with Gasteiger partial charge in [-0.15, -0.1) is 0 Å². The molecule has 0 spiro atoms. The maximum atomic E-state index is 4.74. The van der Waals surface area contributed by atoms with Crippen molar-refractivity contribution in [2.24, 2.45) is 0 Å². The second kappa shape index (κ2) is 6.22. The van der Waals surface area contributed by atoms with Crippen LogP contribution in [0, 0.1) is 27.7 Å². The summed E-state index contributed by atoms with van der Waals surface area (Å²) >= 11 is 0. The summed E-state index contributed by atoms with van der Waals surface area (Å²) < 4.78 is 4.12. The maximum absolute atomic E-state index is 4.74. The minimum absolute atomic E-state index is 0.486. The van der Waals surface area contributed by atoms with E-state index in [1.165, 1.54) is 18.5 Å². The average Bonchev–Trinajstić information content (AvgIpc) is 3.21. The van der Waals surface area contributed by atoms with Gasteiger partial charge >= 0.3 is 0 Å². The highest BCUT2D eigenvalue weighted by Crippen LogP contribution is 2.22. The molecule has 3 aromatic heterocycles. The normalized spacial score (nSPS) is 18.5. The second-order valence-electron chi connectivity index (χ2n) is 7.10. The van der Waals surface area contributed by atoms with E-state index in [1.54, 1.807) is 0 Å². The predicted octanol–water partition coefficient (Wildman–Crippen LogP) is 2.22. The van der Waals surface area contributed by atoms with Crippen molar-refractivity contribution in [3.05, 3.63) is 41.0 Å². The fourth-order valence-electron chi connectivity index (χ4n) is 3.85. The van der Waals surface area contributed by atoms with Crippen molar-refractivity contribution < 1.29 is 0 Å². The van der Waals surface area contributed by atoms with Crippen LogP contribution in [0.3, 0.4) is 0 Å². The summed E-state index contributed by atoms with van der Waals surface area (Å²) in [5, 5.41) is 4.52. The number of nitrogens with zero attached hydrogens (tertiary/aromatic N) is 7. The second-order valence-corrected chi connectivity index (χ2v) is 7.10. The van der Waals surface area contributed by atoms with Gasteiger partial charge in [-0.25, -0.2) is 19.6 Å². The Morgan fingerprint density at radius 2 is 1.96 bits per heavy atom. The Bertz CT molecular complexity index is 908. The fourth-order valence-corrected chi connectivity index (χ4v) is 3.85. The van der Waals surface area contributed by atoms with Crippen LogP contribution in [0.1, 0.15) is 41.6 Å². The van der Waals surface area contributed by atoms with Crippen molar-refractivity contribution in [1.82, 2.24) is 34.0 Å². The molecule has 1 aliphatic rings. The molecule has 132 valence electrons. The predicted molar refractivity (Wildman–Crippen MR) is 95.4 cm³/mol. The summed E-state index contributed by atoms with van der Waals surface area (Å²) in [5.41, 5.74) is 3.27. The monoisotopic (exact) mass is 339 g/mol. The first-order chi connectivity index (χ1) is 12.0. The van der Waals surface area contributed by atoms with Crippen LogP contribution >= 0.6 is 0 Å². The van der Waals surface area contributed by atoms with E-state index in [0.717, 1.165) is 48.4 Å². The number of aromatic nitrogens is 6. The molecule has 0 N–H and O–H groups in total. The van der Waals surface area contributed by atoms with E-state index in [1.807, 2.05) is 25.5 Å². The molecule has 0 bridgehead atoms. The van der Waals surface area contributed by atoms with Crippen LogP contribution in [-0.4, -0.2) is 46.6 Å². The standard InChI is InChI=1S/C18H25N7/c1-12-8-13(2)24-10-16(21-18(24)19-12)9-23-7-5-6-17(23)11-25-15(4)20-14(3)22-25/h8,10,17H,5-7,9,11H2,1-4H3/t17-/m1/s1. The van der Waals surface area contributed by atoms with Gasteiger partial charge < -0.3 is 0 Å². The molecular weight excluding hydrogens is 314 g/mol. The third kappa shape index (κ3) is 3.16. The Morgan fingerprint density at radius 3 is 2.72 bits per heavy atom. The minimum Gasteiger partial charge on any atom is -0.293 e. The summed E-state index contributed by atoms with van der Waals surface area (Å²) in [6.45, 7) is 11.0. The molecule has 1 atom stereocenters. The summed E-state index contributed by atoms with van der Waals surface area (Å²) in [7, 11) is 0. The number of hydrogen-bond acceptors (Lipinski definition) is 5. The Kier molecular flexibility index (Phi) is 4.03.